The van der Waals surface area contributed by atoms with Gasteiger partial charge in [-0.25, -0.2) is 9.18 Å². The summed E-state index contributed by atoms with van der Waals surface area (Å²) < 4.78 is 21.8. The molecule has 1 aromatic rings. The van der Waals surface area contributed by atoms with E-state index in [1.165, 1.54) is 13.2 Å². The van der Waals surface area contributed by atoms with Gasteiger partial charge in [0, 0.05) is 6.07 Å². The normalized spacial score (nSPS) is 25.7. The van der Waals surface area contributed by atoms with Gasteiger partial charge in [0.25, 0.3) is 0 Å². The van der Waals surface area contributed by atoms with Crippen LogP contribution in [0, 0.1) is 0 Å². The third kappa shape index (κ3) is 1.41. The van der Waals surface area contributed by atoms with Crippen LogP contribution in [0.3, 0.4) is 0 Å². The molecule has 0 saturated heterocycles. The van der Waals surface area contributed by atoms with Crippen molar-refractivity contribution in [2.75, 3.05) is 7.11 Å². The highest BCUT2D eigenvalue weighted by atomic mass is 19.1. The summed E-state index contributed by atoms with van der Waals surface area (Å²) in [6.45, 7) is 0. The fraction of sp³-hybridized carbons (Fsp3) is 0.500. The quantitative estimate of drug-likeness (QED) is 0.651. The zero-order valence-electron chi connectivity index (χ0n) is 6.99. The van der Waals surface area contributed by atoms with Gasteiger partial charge in [0.05, 0.1) is 13.0 Å². The average Bonchev–Trinajstić information content (AvgIpc) is 2.70. The summed E-state index contributed by atoms with van der Waals surface area (Å²) in [6.07, 6.45) is -0.394. The van der Waals surface area contributed by atoms with Crippen LogP contribution in [0.2, 0.25) is 0 Å². The molecular formula is C8H8FNO3. The van der Waals surface area contributed by atoms with Crippen molar-refractivity contribution in [1.82, 2.24) is 5.16 Å². The summed E-state index contributed by atoms with van der Waals surface area (Å²) in [7, 11) is 1.26. The van der Waals surface area contributed by atoms with E-state index in [4.69, 9.17) is 4.52 Å². The molecule has 13 heavy (non-hydrogen) atoms. The molecule has 1 aliphatic carbocycles. The molecular weight excluding hydrogens is 177 g/mol. The standard InChI is InChI=1S/C8H8FNO3/c1-12-8(11)6-3-7(13-10-6)4-2-5(4)9/h3-5H,2H2,1H3/t4-,5-/m1/s1. The lowest BCUT2D eigenvalue weighted by Crippen LogP contribution is -2.00. The SMILES string of the molecule is COC(=O)c1cc([C@@H]2C[C@H]2F)on1. The summed E-state index contributed by atoms with van der Waals surface area (Å²) in [6, 6.07) is 1.43. The maximum absolute atomic E-state index is 12.5. The predicted octanol–water partition coefficient (Wildman–Crippen LogP) is 1.29. The van der Waals surface area contributed by atoms with E-state index >= 15 is 0 Å². The van der Waals surface area contributed by atoms with Crippen molar-refractivity contribution in [2.24, 2.45) is 0 Å². The van der Waals surface area contributed by atoms with E-state index in [9.17, 15) is 9.18 Å². The van der Waals surface area contributed by atoms with Gasteiger partial charge in [-0.1, -0.05) is 5.16 Å². The number of nitrogens with zero attached hydrogens (tertiary/aromatic N) is 1. The van der Waals surface area contributed by atoms with Gasteiger partial charge >= 0.3 is 5.97 Å². The number of carbonyl (C=O) groups is 1. The highest BCUT2D eigenvalue weighted by Crippen LogP contribution is 2.43. The molecule has 4 nitrogen and oxygen atoms in total. The van der Waals surface area contributed by atoms with E-state index in [1.54, 1.807) is 0 Å². The van der Waals surface area contributed by atoms with Crippen LogP contribution in [-0.2, 0) is 4.74 Å². The Morgan fingerprint density at radius 2 is 2.54 bits per heavy atom. The summed E-state index contributed by atoms with van der Waals surface area (Å²) in [5.74, 6) is -0.357. The minimum atomic E-state index is -0.849. The fourth-order valence-electron chi connectivity index (χ4n) is 1.12. The Morgan fingerprint density at radius 3 is 3.08 bits per heavy atom. The second kappa shape index (κ2) is 2.83. The fourth-order valence-corrected chi connectivity index (χ4v) is 1.12. The molecule has 2 rings (SSSR count). The molecule has 1 aliphatic rings. The van der Waals surface area contributed by atoms with Gasteiger partial charge in [0.2, 0.25) is 0 Å². The van der Waals surface area contributed by atoms with Crippen LogP contribution in [0.4, 0.5) is 4.39 Å². The van der Waals surface area contributed by atoms with Crippen molar-refractivity contribution in [2.45, 2.75) is 18.5 Å². The van der Waals surface area contributed by atoms with Crippen LogP contribution in [0.5, 0.6) is 0 Å². The van der Waals surface area contributed by atoms with Crippen LogP contribution in [0.1, 0.15) is 28.6 Å². The Morgan fingerprint density at radius 1 is 1.85 bits per heavy atom. The monoisotopic (exact) mass is 185 g/mol. The zero-order chi connectivity index (χ0) is 9.42. The zero-order valence-corrected chi connectivity index (χ0v) is 6.99. The lowest BCUT2D eigenvalue weighted by molar-refractivity contribution is 0.0589. The van der Waals surface area contributed by atoms with Crippen molar-refractivity contribution < 1.29 is 18.4 Å². The number of aromatic nitrogens is 1. The number of hydrogen-bond donors (Lipinski definition) is 0. The number of ether oxygens (including phenoxy) is 1. The largest absolute Gasteiger partial charge is 0.464 e. The van der Waals surface area contributed by atoms with E-state index in [0.29, 0.717) is 12.2 Å². The summed E-state index contributed by atoms with van der Waals surface area (Å²) >= 11 is 0. The Balaban J connectivity index is 2.14. The number of esters is 1. The highest BCUT2D eigenvalue weighted by molar-refractivity contribution is 5.87. The lowest BCUT2D eigenvalue weighted by Gasteiger charge is -1.88. The molecule has 0 radical (unpaired) electrons. The van der Waals surface area contributed by atoms with Gasteiger partial charge in [-0.3, -0.25) is 0 Å². The number of halogens is 1. The molecule has 1 heterocycles. The van der Waals surface area contributed by atoms with Crippen LogP contribution in [0.25, 0.3) is 0 Å². The van der Waals surface area contributed by atoms with Crippen molar-refractivity contribution >= 4 is 5.97 Å². The Bertz CT molecular complexity index is 336. The first-order valence-corrected chi connectivity index (χ1v) is 3.91. The van der Waals surface area contributed by atoms with E-state index in [2.05, 4.69) is 9.89 Å². The van der Waals surface area contributed by atoms with Gasteiger partial charge in [-0.05, 0) is 6.42 Å². The molecule has 0 aromatic carbocycles. The average molecular weight is 185 g/mol. The molecule has 0 spiro atoms. The summed E-state index contributed by atoms with van der Waals surface area (Å²) in [5.41, 5.74) is 0.0941. The maximum Gasteiger partial charge on any atom is 0.360 e. The molecule has 1 saturated carbocycles. The second-order valence-corrected chi connectivity index (χ2v) is 2.96. The predicted molar refractivity (Wildman–Crippen MR) is 40.1 cm³/mol. The smallest absolute Gasteiger partial charge is 0.360 e. The molecule has 2 atom stereocenters. The number of rotatable bonds is 2. The second-order valence-electron chi connectivity index (χ2n) is 2.96. The Hall–Kier alpha value is -1.39. The number of carbonyl (C=O) groups excluding carboxylic acids is 1. The van der Waals surface area contributed by atoms with E-state index in [-0.39, 0.29) is 11.6 Å². The molecule has 5 heteroatoms. The van der Waals surface area contributed by atoms with E-state index in [1.807, 2.05) is 0 Å². The number of alkyl halides is 1. The van der Waals surface area contributed by atoms with Crippen molar-refractivity contribution in [3.05, 3.63) is 17.5 Å². The van der Waals surface area contributed by atoms with Gasteiger partial charge in [-0.2, -0.15) is 0 Å². The van der Waals surface area contributed by atoms with E-state index < -0.39 is 12.1 Å². The molecule has 1 fully saturated rings. The van der Waals surface area contributed by atoms with Gasteiger partial charge < -0.3 is 9.26 Å². The van der Waals surface area contributed by atoms with Crippen molar-refractivity contribution in [3.8, 4) is 0 Å². The lowest BCUT2D eigenvalue weighted by atomic mass is 10.3. The minimum absolute atomic E-state index is 0.0941. The van der Waals surface area contributed by atoms with Crippen molar-refractivity contribution in [3.63, 3.8) is 0 Å². The summed E-state index contributed by atoms with van der Waals surface area (Å²) in [4.78, 5) is 10.9. The summed E-state index contributed by atoms with van der Waals surface area (Å²) in [5, 5.41) is 3.47. The highest BCUT2D eigenvalue weighted by Gasteiger charge is 2.42. The first-order valence-electron chi connectivity index (χ1n) is 3.91. The Kier molecular flexibility index (Phi) is 1.79. The molecule has 0 amide bonds. The number of hydrogen-bond acceptors (Lipinski definition) is 4. The van der Waals surface area contributed by atoms with E-state index in [0.717, 1.165) is 0 Å². The molecule has 0 unspecified atom stereocenters. The topological polar surface area (TPSA) is 52.3 Å². The molecule has 0 bridgehead atoms. The van der Waals surface area contributed by atoms with Crippen LogP contribution in [0.15, 0.2) is 10.6 Å². The third-order valence-corrected chi connectivity index (χ3v) is 2.00. The van der Waals surface area contributed by atoms with Gasteiger partial charge in [0.1, 0.15) is 11.9 Å². The first kappa shape index (κ1) is 8.22. The molecule has 70 valence electrons. The molecule has 0 aliphatic heterocycles. The molecule has 1 aromatic heterocycles. The molecule has 0 N–H and O–H groups in total. The maximum atomic E-state index is 12.5. The minimum Gasteiger partial charge on any atom is -0.464 e. The van der Waals surface area contributed by atoms with Crippen LogP contribution >= 0.6 is 0 Å². The van der Waals surface area contributed by atoms with Crippen LogP contribution in [-0.4, -0.2) is 24.4 Å². The van der Waals surface area contributed by atoms with Crippen molar-refractivity contribution in [1.29, 1.82) is 0 Å². The number of methoxy groups -OCH3 is 1. The van der Waals surface area contributed by atoms with Crippen LogP contribution < -0.4 is 0 Å². The van der Waals surface area contributed by atoms with Gasteiger partial charge in [0.15, 0.2) is 5.69 Å². The third-order valence-electron chi connectivity index (χ3n) is 2.00. The Labute approximate surface area is 73.7 Å². The van der Waals surface area contributed by atoms with Gasteiger partial charge in [-0.15, -0.1) is 0 Å². The first-order chi connectivity index (χ1) is 6.22.